The molecule has 0 heterocycles. The van der Waals surface area contributed by atoms with Crippen LogP contribution in [0.4, 0.5) is 0 Å². The molecule has 2 unspecified atom stereocenters. The third kappa shape index (κ3) is 3.37. The van der Waals surface area contributed by atoms with Crippen molar-refractivity contribution in [3.8, 4) is 0 Å². The van der Waals surface area contributed by atoms with Crippen LogP contribution in [-0.4, -0.2) is 17.8 Å². The summed E-state index contributed by atoms with van der Waals surface area (Å²) < 4.78 is 0. The van der Waals surface area contributed by atoms with Crippen LogP contribution in [-0.2, 0) is 0 Å². The van der Waals surface area contributed by atoms with Crippen LogP contribution in [0.1, 0.15) is 54.7 Å². The van der Waals surface area contributed by atoms with Gasteiger partial charge in [0.2, 0.25) is 0 Å². The second kappa shape index (κ2) is 6.53. The van der Waals surface area contributed by atoms with Gasteiger partial charge in [-0.1, -0.05) is 37.5 Å². The summed E-state index contributed by atoms with van der Waals surface area (Å²) in [6.45, 7) is 4.77. The van der Waals surface area contributed by atoms with Gasteiger partial charge < -0.3 is 10.8 Å². The number of benzene rings is 1. The molecule has 2 rings (SSSR count). The Morgan fingerprint density at radius 3 is 2.42 bits per heavy atom. The smallest absolute Gasteiger partial charge is 0.0648 e. The molecule has 2 nitrogen and oxygen atoms in total. The van der Waals surface area contributed by atoms with Crippen molar-refractivity contribution in [3.05, 3.63) is 34.9 Å². The van der Waals surface area contributed by atoms with Crippen LogP contribution in [0.3, 0.4) is 0 Å². The summed E-state index contributed by atoms with van der Waals surface area (Å²) in [6.07, 6.45) is 5.86. The Labute approximate surface area is 117 Å². The molecule has 0 spiro atoms. The number of hydrogen-bond donors (Lipinski definition) is 2. The Bertz CT molecular complexity index is 410. The number of aliphatic hydroxyl groups is 1. The van der Waals surface area contributed by atoms with Crippen molar-refractivity contribution in [3.63, 3.8) is 0 Å². The second-order valence-corrected chi connectivity index (χ2v) is 6.07. The molecule has 0 bridgehead atoms. The number of hydrogen-bond acceptors (Lipinski definition) is 2. The minimum atomic E-state index is -0.285. The van der Waals surface area contributed by atoms with E-state index in [1.165, 1.54) is 36.0 Å². The molecule has 0 radical (unpaired) electrons. The molecule has 1 aromatic rings. The van der Waals surface area contributed by atoms with Gasteiger partial charge in [-0.3, -0.25) is 0 Å². The normalized spacial score (nSPS) is 20.2. The molecular formula is C17H27NO. The van der Waals surface area contributed by atoms with Crippen molar-refractivity contribution in [1.29, 1.82) is 0 Å². The van der Waals surface area contributed by atoms with Gasteiger partial charge in [0.25, 0.3) is 0 Å². The van der Waals surface area contributed by atoms with E-state index in [-0.39, 0.29) is 12.0 Å². The van der Waals surface area contributed by atoms with Crippen LogP contribution < -0.4 is 5.73 Å². The van der Waals surface area contributed by atoms with E-state index in [0.29, 0.717) is 12.5 Å². The minimum absolute atomic E-state index is 0.0856. The summed E-state index contributed by atoms with van der Waals surface area (Å²) in [4.78, 5) is 0. The monoisotopic (exact) mass is 261 g/mol. The molecule has 3 N–H and O–H groups in total. The first-order valence-corrected chi connectivity index (χ1v) is 7.58. The first-order valence-electron chi connectivity index (χ1n) is 7.58. The molecule has 2 atom stereocenters. The van der Waals surface area contributed by atoms with Gasteiger partial charge in [0.1, 0.15) is 0 Å². The molecule has 0 amide bonds. The largest absolute Gasteiger partial charge is 0.392 e. The zero-order valence-corrected chi connectivity index (χ0v) is 12.2. The van der Waals surface area contributed by atoms with Crippen molar-refractivity contribution in [2.45, 2.75) is 58.0 Å². The average Bonchev–Trinajstić information content (AvgIpc) is 2.44. The quantitative estimate of drug-likeness (QED) is 0.873. The highest BCUT2D eigenvalue weighted by Gasteiger charge is 2.29. The molecule has 19 heavy (non-hydrogen) atoms. The number of rotatable bonds is 4. The summed E-state index contributed by atoms with van der Waals surface area (Å²) in [6, 6.07) is 6.46. The molecule has 1 aliphatic rings. The van der Waals surface area contributed by atoms with E-state index >= 15 is 0 Å². The Kier molecular flexibility index (Phi) is 5.00. The van der Waals surface area contributed by atoms with Crippen LogP contribution in [0, 0.1) is 19.8 Å². The highest BCUT2D eigenvalue weighted by Crippen LogP contribution is 2.33. The predicted molar refractivity (Wildman–Crippen MR) is 80.3 cm³/mol. The SMILES string of the molecule is Cc1ccc(C(CN)C(O)C2CCCCC2)cc1C. The predicted octanol–water partition coefficient (Wildman–Crippen LogP) is 3.29. The van der Waals surface area contributed by atoms with Crippen LogP contribution in [0.5, 0.6) is 0 Å². The lowest BCUT2D eigenvalue weighted by molar-refractivity contribution is 0.0624. The maximum Gasteiger partial charge on any atom is 0.0648 e. The van der Waals surface area contributed by atoms with E-state index in [2.05, 4.69) is 32.0 Å². The lowest BCUT2D eigenvalue weighted by atomic mass is 9.78. The third-order valence-electron chi connectivity index (χ3n) is 4.76. The van der Waals surface area contributed by atoms with Crippen molar-refractivity contribution in [2.24, 2.45) is 11.7 Å². The van der Waals surface area contributed by atoms with Gasteiger partial charge in [-0.2, -0.15) is 0 Å². The standard InChI is InChI=1S/C17H27NO/c1-12-8-9-15(10-13(12)2)16(11-18)17(19)14-6-4-3-5-7-14/h8-10,14,16-17,19H,3-7,11,18H2,1-2H3. The first-order chi connectivity index (χ1) is 9.13. The number of aliphatic hydroxyl groups excluding tert-OH is 1. The zero-order chi connectivity index (χ0) is 13.8. The van der Waals surface area contributed by atoms with E-state index in [0.717, 1.165) is 12.8 Å². The first kappa shape index (κ1) is 14.5. The highest BCUT2D eigenvalue weighted by molar-refractivity contribution is 5.32. The summed E-state index contributed by atoms with van der Waals surface area (Å²) in [5.74, 6) is 0.520. The fourth-order valence-corrected chi connectivity index (χ4v) is 3.27. The summed E-state index contributed by atoms with van der Waals surface area (Å²) in [5.41, 5.74) is 9.72. The van der Waals surface area contributed by atoms with Gasteiger partial charge in [0, 0.05) is 12.5 Å². The van der Waals surface area contributed by atoms with Gasteiger partial charge in [-0.15, -0.1) is 0 Å². The van der Waals surface area contributed by atoms with Gasteiger partial charge in [0.05, 0.1) is 6.10 Å². The Hall–Kier alpha value is -0.860. The van der Waals surface area contributed by atoms with Crippen LogP contribution >= 0.6 is 0 Å². The molecule has 0 aromatic heterocycles. The summed E-state index contributed by atoms with van der Waals surface area (Å²) in [5, 5.41) is 10.7. The van der Waals surface area contributed by atoms with Gasteiger partial charge in [-0.05, 0) is 49.3 Å². The molecule has 106 valence electrons. The second-order valence-electron chi connectivity index (χ2n) is 6.07. The molecule has 2 heteroatoms. The average molecular weight is 261 g/mol. The Morgan fingerprint density at radius 1 is 1.16 bits per heavy atom. The van der Waals surface area contributed by atoms with Crippen LogP contribution in [0.2, 0.25) is 0 Å². The topological polar surface area (TPSA) is 46.2 Å². The molecule has 0 aliphatic heterocycles. The Balaban J connectivity index is 2.15. The van der Waals surface area contributed by atoms with Gasteiger partial charge >= 0.3 is 0 Å². The molecule has 0 saturated heterocycles. The minimum Gasteiger partial charge on any atom is -0.392 e. The molecule has 1 saturated carbocycles. The van der Waals surface area contributed by atoms with Crippen molar-refractivity contribution in [2.75, 3.05) is 6.54 Å². The Morgan fingerprint density at radius 2 is 1.84 bits per heavy atom. The lowest BCUT2D eigenvalue weighted by Crippen LogP contribution is -2.33. The maximum atomic E-state index is 10.7. The van der Waals surface area contributed by atoms with E-state index in [1.807, 2.05) is 0 Å². The number of aryl methyl sites for hydroxylation is 2. The fraction of sp³-hybridized carbons (Fsp3) is 0.647. The molecular weight excluding hydrogens is 234 g/mol. The van der Waals surface area contributed by atoms with E-state index in [1.54, 1.807) is 0 Å². The van der Waals surface area contributed by atoms with Crippen molar-refractivity contribution >= 4 is 0 Å². The molecule has 1 aromatic carbocycles. The lowest BCUT2D eigenvalue weighted by Gasteiger charge is -2.32. The third-order valence-corrected chi connectivity index (χ3v) is 4.76. The molecule has 1 aliphatic carbocycles. The maximum absolute atomic E-state index is 10.7. The van der Waals surface area contributed by atoms with E-state index in [4.69, 9.17) is 5.73 Å². The van der Waals surface area contributed by atoms with Gasteiger partial charge in [0.15, 0.2) is 0 Å². The zero-order valence-electron chi connectivity index (χ0n) is 12.2. The molecule has 1 fully saturated rings. The number of nitrogens with two attached hydrogens (primary N) is 1. The summed E-state index contributed by atoms with van der Waals surface area (Å²) >= 11 is 0. The fourth-order valence-electron chi connectivity index (χ4n) is 3.27. The van der Waals surface area contributed by atoms with Gasteiger partial charge in [-0.25, -0.2) is 0 Å². The van der Waals surface area contributed by atoms with Crippen LogP contribution in [0.15, 0.2) is 18.2 Å². The van der Waals surface area contributed by atoms with Crippen molar-refractivity contribution in [1.82, 2.24) is 0 Å². The van der Waals surface area contributed by atoms with E-state index < -0.39 is 0 Å². The van der Waals surface area contributed by atoms with Crippen molar-refractivity contribution < 1.29 is 5.11 Å². The summed E-state index contributed by atoms with van der Waals surface area (Å²) in [7, 11) is 0. The highest BCUT2D eigenvalue weighted by atomic mass is 16.3. The van der Waals surface area contributed by atoms with Crippen LogP contribution in [0.25, 0.3) is 0 Å². The van der Waals surface area contributed by atoms with E-state index in [9.17, 15) is 5.11 Å².